The molecule has 0 saturated heterocycles. The van der Waals surface area contributed by atoms with Crippen molar-refractivity contribution < 1.29 is 0 Å². The molecule has 80 valence electrons. The number of nitrogens with one attached hydrogen (secondary N) is 1. The van der Waals surface area contributed by atoms with E-state index in [0.717, 1.165) is 25.2 Å². The fraction of sp³-hybridized carbons (Fsp3) is 0.364. The number of imidazole rings is 1. The van der Waals surface area contributed by atoms with Crippen molar-refractivity contribution in [1.29, 1.82) is 0 Å². The molecule has 0 radical (unpaired) electrons. The van der Waals surface area contributed by atoms with Crippen molar-refractivity contribution in [3.05, 3.63) is 35.3 Å². The lowest BCUT2D eigenvalue weighted by molar-refractivity contribution is 0.621. The second kappa shape index (κ2) is 3.83. The molecule has 3 heterocycles. The van der Waals surface area contributed by atoms with E-state index in [4.69, 9.17) is 0 Å². The number of fused-ring (bicyclic) bond motifs is 3. The minimum absolute atomic E-state index is 0. The first-order valence-corrected chi connectivity index (χ1v) is 5.02. The summed E-state index contributed by atoms with van der Waals surface area (Å²) in [6, 6.07) is 4.27. The zero-order valence-corrected chi connectivity index (χ0v) is 9.47. The number of aryl methyl sites for hydroxylation is 1. The Kier molecular flexibility index (Phi) is 2.67. The molecule has 2 aromatic heterocycles. The average molecular weight is 224 g/mol. The molecule has 0 bridgehead atoms. The van der Waals surface area contributed by atoms with Gasteiger partial charge in [-0.2, -0.15) is 0 Å². The molecule has 1 aliphatic rings. The number of nitrogens with zero attached hydrogens (tertiary/aromatic N) is 2. The van der Waals surface area contributed by atoms with Gasteiger partial charge in [0.25, 0.3) is 0 Å². The van der Waals surface area contributed by atoms with Crippen molar-refractivity contribution in [2.75, 3.05) is 6.54 Å². The van der Waals surface area contributed by atoms with E-state index in [1.807, 2.05) is 0 Å². The van der Waals surface area contributed by atoms with Gasteiger partial charge in [-0.25, -0.2) is 4.98 Å². The maximum Gasteiger partial charge on any atom is 0.137 e. The summed E-state index contributed by atoms with van der Waals surface area (Å²) in [7, 11) is 0. The van der Waals surface area contributed by atoms with Crippen LogP contribution in [0.15, 0.2) is 18.3 Å². The van der Waals surface area contributed by atoms with Gasteiger partial charge in [0.1, 0.15) is 5.65 Å². The maximum absolute atomic E-state index is 4.64. The Labute approximate surface area is 94.9 Å². The van der Waals surface area contributed by atoms with E-state index in [-0.39, 0.29) is 12.4 Å². The Bertz CT molecular complexity index is 490. The largest absolute Gasteiger partial charge is 0.311 e. The van der Waals surface area contributed by atoms with E-state index in [1.165, 1.54) is 17.0 Å². The molecule has 15 heavy (non-hydrogen) atoms. The van der Waals surface area contributed by atoms with Crippen LogP contribution < -0.4 is 5.32 Å². The second-order valence-electron chi connectivity index (χ2n) is 3.86. The molecular formula is C11H14ClN3. The molecule has 3 nitrogen and oxygen atoms in total. The topological polar surface area (TPSA) is 29.3 Å². The quantitative estimate of drug-likeness (QED) is 0.737. The van der Waals surface area contributed by atoms with Crippen LogP contribution in [0.1, 0.15) is 17.0 Å². The smallest absolute Gasteiger partial charge is 0.137 e. The van der Waals surface area contributed by atoms with Crippen LogP contribution in [-0.4, -0.2) is 15.9 Å². The first-order valence-electron chi connectivity index (χ1n) is 5.02. The predicted molar refractivity (Wildman–Crippen MR) is 62.6 cm³/mol. The van der Waals surface area contributed by atoms with Crippen LogP contribution in [0.5, 0.6) is 0 Å². The summed E-state index contributed by atoms with van der Waals surface area (Å²) in [6.07, 6.45) is 3.17. The van der Waals surface area contributed by atoms with Crippen molar-refractivity contribution in [2.45, 2.75) is 19.9 Å². The summed E-state index contributed by atoms with van der Waals surface area (Å²) in [6.45, 7) is 4.10. The summed E-state index contributed by atoms with van der Waals surface area (Å²) in [5, 5.41) is 3.37. The summed E-state index contributed by atoms with van der Waals surface area (Å²) < 4.78 is 2.19. The van der Waals surface area contributed by atoms with Crippen LogP contribution in [0.25, 0.3) is 5.65 Å². The third-order valence-electron chi connectivity index (χ3n) is 2.79. The Morgan fingerprint density at radius 1 is 1.47 bits per heavy atom. The van der Waals surface area contributed by atoms with Gasteiger partial charge in [0.2, 0.25) is 0 Å². The van der Waals surface area contributed by atoms with E-state index < -0.39 is 0 Å². The van der Waals surface area contributed by atoms with Gasteiger partial charge in [-0.05, 0) is 24.6 Å². The van der Waals surface area contributed by atoms with Gasteiger partial charge in [-0.1, -0.05) is 0 Å². The summed E-state index contributed by atoms with van der Waals surface area (Å²) in [5.41, 5.74) is 4.94. The molecule has 0 saturated carbocycles. The SMILES string of the molecule is Cc1ccn2c3c(nc2c1)CCNC3.Cl. The number of halogens is 1. The van der Waals surface area contributed by atoms with Crippen molar-refractivity contribution in [3.63, 3.8) is 0 Å². The Balaban J connectivity index is 0.000000853. The molecule has 0 aliphatic carbocycles. The predicted octanol–water partition coefficient (Wildman–Crippen LogP) is 1.71. The monoisotopic (exact) mass is 223 g/mol. The van der Waals surface area contributed by atoms with Gasteiger partial charge >= 0.3 is 0 Å². The Hall–Kier alpha value is -1.06. The summed E-state index contributed by atoms with van der Waals surface area (Å²) in [5.74, 6) is 0. The third kappa shape index (κ3) is 1.62. The molecule has 4 heteroatoms. The lowest BCUT2D eigenvalue weighted by atomic mass is 10.2. The summed E-state index contributed by atoms with van der Waals surface area (Å²) >= 11 is 0. The molecule has 0 fully saturated rings. The maximum atomic E-state index is 4.64. The van der Waals surface area contributed by atoms with E-state index in [9.17, 15) is 0 Å². The first kappa shape index (κ1) is 10.5. The molecule has 0 amide bonds. The highest BCUT2D eigenvalue weighted by Crippen LogP contribution is 2.16. The number of rotatable bonds is 0. The van der Waals surface area contributed by atoms with Crippen molar-refractivity contribution in [1.82, 2.24) is 14.7 Å². The van der Waals surface area contributed by atoms with Gasteiger partial charge in [0.15, 0.2) is 0 Å². The standard InChI is InChI=1S/C11H13N3.ClH/c1-8-3-5-14-10-7-12-4-2-9(10)13-11(14)6-8;/h3,5-6,12H,2,4,7H2,1H3;1H. The van der Waals surface area contributed by atoms with Gasteiger partial charge < -0.3 is 9.72 Å². The van der Waals surface area contributed by atoms with Gasteiger partial charge in [-0.15, -0.1) is 12.4 Å². The highest BCUT2D eigenvalue weighted by atomic mass is 35.5. The van der Waals surface area contributed by atoms with E-state index in [2.05, 4.69) is 40.0 Å². The van der Waals surface area contributed by atoms with Crippen molar-refractivity contribution in [2.24, 2.45) is 0 Å². The molecule has 1 N–H and O–H groups in total. The molecule has 2 aromatic rings. The molecule has 0 unspecified atom stereocenters. The van der Waals surface area contributed by atoms with E-state index in [1.54, 1.807) is 0 Å². The zero-order chi connectivity index (χ0) is 9.54. The van der Waals surface area contributed by atoms with Gasteiger partial charge in [-0.3, -0.25) is 0 Å². The lowest BCUT2D eigenvalue weighted by Crippen LogP contribution is -2.24. The molecule has 0 aromatic carbocycles. The van der Waals surface area contributed by atoms with Crippen LogP contribution >= 0.6 is 12.4 Å². The fourth-order valence-electron chi connectivity index (χ4n) is 2.05. The van der Waals surface area contributed by atoms with Crippen LogP contribution in [0, 0.1) is 6.92 Å². The molecule has 0 spiro atoms. The number of aromatic nitrogens is 2. The molecule has 1 aliphatic heterocycles. The second-order valence-corrected chi connectivity index (χ2v) is 3.86. The molecular weight excluding hydrogens is 210 g/mol. The highest BCUT2D eigenvalue weighted by molar-refractivity contribution is 5.85. The van der Waals surface area contributed by atoms with Crippen LogP contribution in [0.4, 0.5) is 0 Å². The Morgan fingerprint density at radius 2 is 2.33 bits per heavy atom. The van der Waals surface area contributed by atoms with Crippen molar-refractivity contribution >= 4 is 18.1 Å². The van der Waals surface area contributed by atoms with Crippen LogP contribution in [0.2, 0.25) is 0 Å². The minimum atomic E-state index is 0. The lowest BCUT2D eigenvalue weighted by Gasteiger charge is -2.11. The number of hydrogen-bond donors (Lipinski definition) is 1. The van der Waals surface area contributed by atoms with Gasteiger partial charge in [0, 0.05) is 25.7 Å². The fourth-order valence-corrected chi connectivity index (χ4v) is 2.05. The van der Waals surface area contributed by atoms with Crippen LogP contribution in [0.3, 0.4) is 0 Å². The third-order valence-corrected chi connectivity index (χ3v) is 2.79. The van der Waals surface area contributed by atoms with Crippen molar-refractivity contribution in [3.8, 4) is 0 Å². The van der Waals surface area contributed by atoms with E-state index in [0.29, 0.717) is 0 Å². The Morgan fingerprint density at radius 3 is 3.20 bits per heavy atom. The normalized spacial score (nSPS) is 14.7. The summed E-state index contributed by atoms with van der Waals surface area (Å²) in [4.78, 5) is 4.64. The van der Waals surface area contributed by atoms with E-state index >= 15 is 0 Å². The van der Waals surface area contributed by atoms with Crippen LogP contribution in [-0.2, 0) is 13.0 Å². The first-order chi connectivity index (χ1) is 6.84. The van der Waals surface area contributed by atoms with Gasteiger partial charge in [0.05, 0.1) is 11.4 Å². The zero-order valence-electron chi connectivity index (χ0n) is 8.66. The highest BCUT2D eigenvalue weighted by Gasteiger charge is 2.14. The molecule has 3 rings (SSSR count). The number of hydrogen-bond acceptors (Lipinski definition) is 2. The average Bonchev–Trinajstić information content (AvgIpc) is 2.54. The number of pyridine rings is 1. The molecule has 0 atom stereocenters. The minimum Gasteiger partial charge on any atom is -0.311 e.